The molecule has 4 heterocycles. The Labute approximate surface area is 222 Å². The van der Waals surface area contributed by atoms with Crippen LogP contribution in [-0.4, -0.2) is 38.1 Å². The molecule has 2 aromatic carbocycles. The van der Waals surface area contributed by atoms with Crippen LogP contribution in [0.5, 0.6) is 5.88 Å². The molecule has 2 aromatic heterocycles. The van der Waals surface area contributed by atoms with E-state index in [9.17, 15) is 14.7 Å². The molecule has 9 heteroatoms. The minimum absolute atomic E-state index is 0.0169. The van der Waals surface area contributed by atoms with Gasteiger partial charge < -0.3 is 9.67 Å². The number of azo groups is 1. The van der Waals surface area contributed by atoms with E-state index in [1.807, 2.05) is 63.7 Å². The molecule has 2 bridgehead atoms. The third-order valence-corrected chi connectivity index (χ3v) is 7.82. The predicted octanol–water partition coefficient (Wildman–Crippen LogP) is 5.20. The zero-order valence-corrected chi connectivity index (χ0v) is 21.7. The molecule has 0 saturated carbocycles. The van der Waals surface area contributed by atoms with Crippen LogP contribution >= 0.6 is 15.9 Å². The van der Waals surface area contributed by atoms with Crippen molar-refractivity contribution in [1.29, 1.82) is 0 Å². The highest BCUT2D eigenvalue weighted by molar-refractivity contribution is 9.10. The first kappa shape index (κ1) is 23.8. The highest BCUT2D eigenvalue weighted by atomic mass is 79.9. The van der Waals surface area contributed by atoms with Gasteiger partial charge in [-0.25, -0.2) is 0 Å². The van der Waals surface area contributed by atoms with E-state index in [1.54, 1.807) is 6.07 Å². The largest absolute Gasteiger partial charge is 0.493 e. The highest BCUT2D eigenvalue weighted by Gasteiger charge is 2.35. The summed E-state index contributed by atoms with van der Waals surface area (Å²) in [5.74, 6) is 0.254. The monoisotopic (exact) mass is 559 g/mol. The van der Waals surface area contributed by atoms with Crippen LogP contribution in [0.1, 0.15) is 23.6 Å². The lowest BCUT2D eigenvalue weighted by atomic mass is 9.83. The number of carbonyl (C=O) groups is 1. The van der Waals surface area contributed by atoms with Gasteiger partial charge in [0.05, 0.1) is 18.6 Å². The summed E-state index contributed by atoms with van der Waals surface area (Å²) in [6.07, 6.45) is 1.21. The number of pyridine rings is 1. The Morgan fingerprint density at radius 3 is 2.70 bits per heavy atom. The first-order valence-electron chi connectivity index (χ1n) is 12.4. The van der Waals surface area contributed by atoms with Gasteiger partial charge in [-0.2, -0.15) is 0 Å². The summed E-state index contributed by atoms with van der Waals surface area (Å²) in [5, 5.41) is 20.1. The molecule has 8 nitrogen and oxygen atoms in total. The first-order chi connectivity index (χ1) is 18.0. The van der Waals surface area contributed by atoms with Gasteiger partial charge in [-0.3, -0.25) is 19.1 Å². The molecule has 1 saturated heterocycles. The highest BCUT2D eigenvalue weighted by Crippen LogP contribution is 2.41. The van der Waals surface area contributed by atoms with Crippen LogP contribution < -0.4 is 5.56 Å². The van der Waals surface area contributed by atoms with Crippen molar-refractivity contribution in [1.82, 2.24) is 14.0 Å². The normalized spacial score (nSPS) is 19.4. The van der Waals surface area contributed by atoms with E-state index in [1.165, 1.54) is 0 Å². The lowest BCUT2D eigenvalue weighted by Crippen LogP contribution is -2.47. The molecule has 0 aliphatic carbocycles. The number of likely N-dealkylation sites (tertiary alicyclic amines) is 1. The van der Waals surface area contributed by atoms with Crippen LogP contribution in [-0.2, 0) is 24.4 Å². The number of aromatic hydroxyl groups is 1. The van der Waals surface area contributed by atoms with Gasteiger partial charge in [-0.1, -0.05) is 52.3 Å². The molecule has 1 N–H and O–H groups in total. The van der Waals surface area contributed by atoms with Crippen molar-refractivity contribution in [3.05, 3.63) is 92.8 Å². The van der Waals surface area contributed by atoms with Crippen LogP contribution in [0.2, 0.25) is 0 Å². The number of aromatic nitrogens is 2. The minimum atomic E-state index is -0.376. The van der Waals surface area contributed by atoms with E-state index >= 15 is 0 Å². The average Bonchev–Trinajstić information content (AvgIpc) is 3.13. The fourth-order valence-electron chi connectivity index (χ4n) is 5.76. The number of rotatable bonds is 5. The number of hydrogen-bond acceptors (Lipinski definition) is 5. The molecule has 2 aliphatic heterocycles. The molecule has 2 aliphatic rings. The molecular weight excluding hydrogens is 534 g/mol. The average molecular weight is 560 g/mol. The van der Waals surface area contributed by atoms with Crippen molar-refractivity contribution in [2.75, 3.05) is 13.1 Å². The number of hydrogen-bond donors (Lipinski definition) is 1. The van der Waals surface area contributed by atoms with Gasteiger partial charge in [0.15, 0.2) is 5.69 Å². The Bertz CT molecular complexity index is 1580. The van der Waals surface area contributed by atoms with Crippen molar-refractivity contribution >= 4 is 38.4 Å². The molecule has 6 rings (SSSR count). The molecule has 4 aromatic rings. The van der Waals surface area contributed by atoms with Crippen LogP contribution in [0.25, 0.3) is 10.9 Å². The third-order valence-electron chi connectivity index (χ3n) is 7.33. The molecule has 2 atom stereocenters. The molecule has 0 unspecified atom stereocenters. The summed E-state index contributed by atoms with van der Waals surface area (Å²) < 4.78 is 4.59. The van der Waals surface area contributed by atoms with E-state index in [0.717, 1.165) is 52.7 Å². The number of fused-ring (bicyclic) bond motifs is 5. The van der Waals surface area contributed by atoms with Crippen molar-refractivity contribution in [3.63, 3.8) is 0 Å². The van der Waals surface area contributed by atoms with Crippen molar-refractivity contribution in [2.45, 2.75) is 32.0 Å². The Morgan fingerprint density at radius 1 is 1.03 bits per heavy atom. The predicted molar refractivity (Wildman–Crippen MR) is 144 cm³/mol. The summed E-state index contributed by atoms with van der Waals surface area (Å²) in [4.78, 5) is 27.2. The van der Waals surface area contributed by atoms with Crippen LogP contribution in [0, 0.1) is 5.92 Å². The summed E-state index contributed by atoms with van der Waals surface area (Å²) in [7, 11) is 0. The quantitative estimate of drug-likeness (QED) is 0.340. The number of amides is 1. The summed E-state index contributed by atoms with van der Waals surface area (Å²) in [6.45, 7) is 2.82. The Kier molecular flexibility index (Phi) is 6.26. The van der Waals surface area contributed by atoms with E-state index < -0.39 is 0 Å². The lowest BCUT2D eigenvalue weighted by Gasteiger charge is -2.42. The van der Waals surface area contributed by atoms with Gasteiger partial charge in [0.1, 0.15) is 0 Å². The van der Waals surface area contributed by atoms with Crippen molar-refractivity contribution in [3.8, 4) is 5.88 Å². The number of benzene rings is 2. The summed E-state index contributed by atoms with van der Waals surface area (Å²) in [5.41, 5.74) is 3.12. The zero-order chi connectivity index (χ0) is 25.5. The maximum absolute atomic E-state index is 12.5. The molecule has 188 valence electrons. The zero-order valence-electron chi connectivity index (χ0n) is 20.1. The van der Waals surface area contributed by atoms with Gasteiger partial charge in [-0.15, -0.1) is 10.2 Å². The Balaban J connectivity index is 1.28. The van der Waals surface area contributed by atoms with Crippen molar-refractivity contribution in [2.24, 2.45) is 16.1 Å². The van der Waals surface area contributed by atoms with Gasteiger partial charge >= 0.3 is 0 Å². The first-order valence-corrected chi connectivity index (χ1v) is 13.2. The van der Waals surface area contributed by atoms with E-state index in [2.05, 4.69) is 37.1 Å². The Hall–Kier alpha value is -3.56. The van der Waals surface area contributed by atoms with Crippen LogP contribution in [0.4, 0.5) is 5.69 Å². The number of carbonyl (C=O) groups excluding carboxylic acids is 1. The van der Waals surface area contributed by atoms with Gasteiger partial charge in [0, 0.05) is 47.2 Å². The molecular formula is C28H26BrN5O3. The van der Waals surface area contributed by atoms with Crippen molar-refractivity contribution < 1.29 is 9.90 Å². The maximum atomic E-state index is 12.5. The van der Waals surface area contributed by atoms with E-state index in [-0.39, 0.29) is 35.4 Å². The van der Waals surface area contributed by atoms with Crippen LogP contribution in [0.3, 0.4) is 0 Å². The topological polar surface area (TPSA) is 92.2 Å². The molecule has 37 heavy (non-hydrogen) atoms. The van der Waals surface area contributed by atoms with Gasteiger partial charge in [0.2, 0.25) is 5.88 Å². The molecule has 0 radical (unpaired) electrons. The lowest BCUT2D eigenvalue weighted by molar-refractivity contribution is -0.117. The van der Waals surface area contributed by atoms with E-state index in [4.69, 9.17) is 0 Å². The SMILES string of the molecule is O=C(Cc1ccccc1)N=Nc1c(O)n(CN2C[C@H]3C[C@H](C2)c2cccc(=O)n2C3)c2ccc(Br)cc12. The molecule has 0 spiro atoms. The summed E-state index contributed by atoms with van der Waals surface area (Å²) in [6, 6.07) is 20.7. The Morgan fingerprint density at radius 2 is 1.86 bits per heavy atom. The molecule has 1 amide bonds. The second kappa shape index (κ2) is 9.72. The van der Waals surface area contributed by atoms with E-state index in [0.29, 0.717) is 12.6 Å². The number of piperidine rings is 1. The van der Waals surface area contributed by atoms with Gasteiger partial charge in [-0.05, 0) is 42.2 Å². The second-order valence-electron chi connectivity index (χ2n) is 9.89. The van der Waals surface area contributed by atoms with Gasteiger partial charge in [0.25, 0.3) is 11.5 Å². The smallest absolute Gasteiger partial charge is 0.269 e. The third kappa shape index (κ3) is 4.65. The number of halogens is 1. The summed E-state index contributed by atoms with van der Waals surface area (Å²) >= 11 is 3.51. The maximum Gasteiger partial charge on any atom is 0.269 e. The minimum Gasteiger partial charge on any atom is -0.493 e. The standard InChI is InChI=1S/C28H26BrN5O3/c29-21-9-10-24-22(13-21)27(31-30-25(35)12-18-5-2-1-3-6-18)28(37)34(24)17-32-14-19-11-20(16-32)23-7-4-8-26(36)33(23)15-19/h1-10,13,19-20,37H,11-12,14-17H2/t19-,20-/m1/s1. The second-order valence-corrected chi connectivity index (χ2v) is 10.8. The molecule has 1 fully saturated rings. The fraction of sp³-hybridized carbons (Fsp3) is 0.286. The van der Waals surface area contributed by atoms with Crippen LogP contribution in [0.15, 0.2) is 86.2 Å². The number of nitrogens with zero attached hydrogens (tertiary/aromatic N) is 5. The fourth-order valence-corrected chi connectivity index (χ4v) is 6.12.